The summed E-state index contributed by atoms with van der Waals surface area (Å²) in [5.74, 6) is 0. The summed E-state index contributed by atoms with van der Waals surface area (Å²) in [4.78, 5) is 12.9. The minimum absolute atomic E-state index is 0.125. The number of hydrogen-bond donors (Lipinski definition) is 1. The quantitative estimate of drug-likeness (QED) is 0.663. The highest BCUT2D eigenvalue weighted by Crippen LogP contribution is 2.29. The molecule has 1 N–H and O–H groups in total. The van der Waals surface area contributed by atoms with Crippen molar-refractivity contribution in [3.05, 3.63) is 28.3 Å². The van der Waals surface area contributed by atoms with Gasteiger partial charge in [0.2, 0.25) is 0 Å². The first-order valence-corrected chi connectivity index (χ1v) is 6.99. The summed E-state index contributed by atoms with van der Waals surface area (Å²) in [5.41, 5.74) is 1.81. The highest BCUT2D eigenvalue weighted by Gasteiger charge is 2.21. The van der Waals surface area contributed by atoms with Gasteiger partial charge in [0.05, 0.1) is 18.1 Å². The summed E-state index contributed by atoms with van der Waals surface area (Å²) in [7, 11) is 0. The molecule has 1 aliphatic rings. The average Bonchev–Trinajstić information content (AvgIpc) is 2.45. The number of rotatable bonds is 5. The third-order valence-electron chi connectivity index (χ3n) is 3.39. The van der Waals surface area contributed by atoms with E-state index in [1.54, 1.807) is 12.1 Å². The Balaban J connectivity index is 2.30. The Morgan fingerprint density at radius 1 is 1.50 bits per heavy atom. The molecular formula is C14H21N3O3. The van der Waals surface area contributed by atoms with E-state index < -0.39 is 0 Å². The Morgan fingerprint density at radius 3 is 2.95 bits per heavy atom. The average molecular weight is 279 g/mol. The molecule has 0 aliphatic carbocycles. The Hall–Kier alpha value is -1.82. The summed E-state index contributed by atoms with van der Waals surface area (Å²) < 4.78 is 5.42. The van der Waals surface area contributed by atoms with Gasteiger partial charge in [0, 0.05) is 42.6 Å². The van der Waals surface area contributed by atoms with Crippen LogP contribution in [-0.2, 0) is 4.74 Å². The molecule has 0 spiro atoms. The van der Waals surface area contributed by atoms with Gasteiger partial charge in [-0.05, 0) is 19.4 Å². The third-order valence-corrected chi connectivity index (χ3v) is 3.39. The van der Waals surface area contributed by atoms with Gasteiger partial charge in [-0.2, -0.15) is 0 Å². The summed E-state index contributed by atoms with van der Waals surface area (Å²) >= 11 is 0. The van der Waals surface area contributed by atoms with E-state index in [9.17, 15) is 10.1 Å². The molecule has 1 saturated heterocycles. The van der Waals surface area contributed by atoms with Gasteiger partial charge in [-0.3, -0.25) is 10.1 Å². The Kier molecular flexibility index (Phi) is 4.79. The topological polar surface area (TPSA) is 67.6 Å². The van der Waals surface area contributed by atoms with Crippen molar-refractivity contribution < 1.29 is 9.66 Å². The van der Waals surface area contributed by atoms with Crippen molar-refractivity contribution >= 4 is 17.1 Å². The first-order chi connectivity index (χ1) is 9.61. The molecule has 2 rings (SSSR count). The van der Waals surface area contributed by atoms with Crippen LogP contribution in [0, 0.1) is 10.1 Å². The zero-order valence-electron chi connectivity index (χ0n) is 12.0. The molecule has 1 aromatic carbocycles. The van der Waals surface area contributed by atoms with Crippen LogP contribution in [0.3, 0.4) is 0 Å². The molecule has 0 aromatic heterocycles. The number of nitro groups is 1. The maximum atomic E-state index is 11.1. The van der Waals surface area contributed by atoms with Crippen LogP contribution in [0.5, 0.6) is 0 Å². The lowest BCUT2D eigenvalue weighted by molar-refractivity contribution is -0.384. The summed E-state index contributed by atoms with van der Waals surface area (Å²) in [5, 5.41) is 14.3. The van der Waals surface area contributed by atoms with E-state index in [0.29, 0.717) is 13.2 Å². The van der Waals surface area contributed by atoms with Crippen LogP contribution in [0.2, 0.25) is 0 Å². The smallest absolute Gasteiger partial charge is 0.273 e. The fourth-order valence-corrected chi connectivity index (χ4v) is 2.35. The Bertz CT molecular complexity index is 479. The molecule has 0 bridgehead atoms. The molecule has 110 valence electrons. The predicted octanol–water partition coefficient (Wildman–Crippen LogP) is 2.64. The monoisotopic (exact) mass is 279 g/mol. The molecule has 0 radical (unpaired) electrons. The Labute approximate surface area is 118 Å². The number of benzene rings is 1. The van der Waals surface area contributed by atoms with Gasteiger partial charge in [0.15, 0.2) is 0 Å². The molecule has 1 fully saturated rings. The molecule has 0 amide bonds. The van der Waals surface area contributed by atoms with Crippen LogP contribution < -0.4 is 10.2 Å². The maximum Gasteiger partial charge on any atom is 0.273 e. The maximum absolute atomic E-state index is 11.1. The van der Waals surface area contributed by atoms with Gasteiger partial charge in [-0.15, -0.1) is 0 Å². The second-order valence-corrected chi connectivity index (χ2v) is 5.04. The van der Waals surface area contributed by atoms with Crippen molar-refractivity contribution in [1.82, 2.24) is 0 Å². The van der Waals surface area contributed by atoms with Gasteiger partial charge < -0.3 is 15.0 Å². The summed E-state index contributed by atoms with van der Waals surface area (Å²) in [6, 6.07) is 5.43. The normalized spacial score (nSPS) is 18.9. The van der Waals surface area contributed by atoms with Crippen molar-refractivity contribution in [2.45, 2.75) is 26.3 Å². The minimum atomic E-state index is -0.342. The third kappa shape index (κ3) is 3.39. The summed E-state index contributed by atoms with van der Waals surface area (Å²) in [6.45, 7) is 7.01. The lowest BCUT2D eigenvalue weighted by Crippen LogP contribution is -2.43. The lowest BCUT2D eigenvalue weighted by Gasteiger charge is -2.35. The van der Waals surface area contributed by atoms with E-state index in [0.717, 1.165) is 30.9 Å². The van der Waals surface area contributed by atoms with Crippen LogP contribution in [0.25, 0.3) is 0 Å². The van der Waals surface area contributed by atoms with Crippen LogP contribution in [0.15, 0.2) is 18.2 Å². The van der Waals surface area contributed by atoms with E-state index in [-0.39, 0.29) is 16.7 Å². The van der Waals surface area contributed by atoms with Crippen molar-refractivity contribution in [1.29, 1.82) is 0 Å². The minimum Gasteiger partial charge on any atom is -0.385 e. The van der Waals surface area contributed by atoms with Crippen molar-refractivity contribution in [2.24, 2.45) is 0 Å². The number of nitrogens with one attached hydrogen (secondary N) is 1. The van der Waals surface area contributed by atoms with Crippen LogP contribution in [-0.4, -0.2) is 37.3 Å². The lowest BCUT2D eigenvalue weighted by atomic mass is 10.1. The number of morpholine rings is 1. The van der Waals surface area contributed by atoms with E-state index in [4.69, 9.17) is 4.74 Å². The first kappa shape index (κ1) is 14.6. The molecule has 1 aromatic rings. The number of non-ortho nitro benzene ring substituents is 1. The van der Waals surface area contributed by atoms with Crippen molar-refractivity contribution in [3.63, 3.8) is 0 Å². The van der Waals surface area contributed by atoms with Crippen LogP contribution >= 0.6 is 0 Å². The second kappa shape index (κ2) is 6.56. The SMILES string of the molecule is CCCNc1cc(N2CCOCC2C)cc([N+](=O)[O-])c1. The van der Waals surface area contributed by atoms with Gasteiger partial charge in [0.1, 0.15) is 0 Å². The fourth-order valence-electron chi connectivity index (χ4n) is 2.35. The van der Waals surface area contributed by atoms with Crippen LogP contribution in [0.4, 0.5) is 17.1 Å². The molecule has 20 heavy (non-hydrogen) atoms. The number of hydrogen-bond acceptors (Lipinski definition) is 5. The molecular weight excluding hydrogens is 258 g/mol. The van der Waals surface area contributed by atoms with Gasteiger partial charge in [0.25, 0.3) is 5.69 Å². The zero-order valence-corrected chi connectivity index (χ0v) is 12.0. The largest absolute Gasteiger partial charge is 0.385 e. The van der Waals surface area contributed by atoms with Gasteiger partial charge in [-0.1, -0.05) is 6.92 Å². The molecule has 1 heterocycles. The molecule has 0 saturated carbocycles. The van der Waals surface area contributed by atoms with E-state index >= 15 is 0 Å². The molecule has 1 atom stereocenters. The fraction of sp³-hybridized carbons (Fsp3) is 0.571. The highest BCUT2D eigenvalue weighted by molar-refractivity contribution is 5.65. The molecule has 6 nitrogen and oxygen atoms in total. The molecule has 1 unspecified atom stereocenters. The Morgan fingerprint density at radius 2 is 2.30 bits per heavy atom. The summed E-state index contributed by atoms with van der Waals surface area (Å²) in [6.07, 6.45) is 0.978. The zero-order chi connectivity index (χ0) is 14.5. The molecule has 6 heteroatoms. The van der Waals surface area contributed by atoms with E-state index in [2.05, 4.69) is 24.1 Å². The van der Waals surface area contributed by atoms with Crippen LogP contribution in [0.1, 0.15) is 20.3 Å². The van der Waals surface area contributed by atoms with Gasteiger partial charge in [-0.25, -0.2) is 0 Å². The number of ether oxygens (including phenoxy) is 1. The number of nitrogens with zero attached hydrogens (tertiary/aromatic N) is 2. The second-order valence-electron chi connectivity index (χ2n) is 5.04. The van der Waals surface area contributed by atoms with E-state index in [1.807, 2.05) is 6.07 Å². The highest BCUT2D eigenvalue weighted by atomic mass is 16.6. The predicted molar refractivity (Wildman–Crippen MR) is 79.5 cm³/mol. The van der Waals surface area contributed by atoms with E-state index in [1.165, 1.54) is 0 Å². The van der Waals surface area contributed by atoms with Crippen molar-refractivity contribution in [3.8, 4) is 0 Å². The van der Waals surface area contributed by atoms with Crippen molar-refractivity contribution in [2.75, 3.05) is 36.5 Å². The van der Waals surface area contributed by atoms with Gasteiger partial charge >= 0.3 is 0 Å². The number of nitro benzene ring substituents is 1. The number of anilines is 2. The standard InChI is InChI=1S/C14H21N3O3/c1-3-4-15-12-7-13(9-14(8-12)17(18)19)16-5-6-20-10-11(16)2/h7-9,11,15H,3-6,10H2,1-2H3. The first-order valence-electron chi connectivity index (χ1n) is 6.99. The molecule has 1 aliphatic heterocycles.